The zero-order chi connectivity index (χ0) is 14.5. The smallest absolute Gasteiger partial charge is 0.0517 e. The molecule has 0 radical (unpaired) electrons. The van der Waals surface area contributed by atoms with Gasteiger partial charge in [-0.1, -0.05) is 56.0 Å². The maximum Gasteiger partial charge on any atom is 0.0517 e. The van der Waals surface area contributed by atoms with Gasteiger partial charge in [0, 0.05) is 6.54 Å². The average molecular weight is 266 g/mol. The fraction of sp³-hybridized carbons (Fsp3) is 0.222. The number of hydrazine groups is 1. The van der Waals surface area contributed by atoms with E-state index in [0.717, 1.165) is 24.2 Å². The van der Waals surface area contributed by atoms with E-state index < -0.39 is 0 Å². The van der Waals surface area contributed by atoms with Crippen LogP contribution in [0.25, 0.3) is 16.8 Å². The van der Waals surface area contributed by atoms with Crippen molar-refractivity contribution in [2.24, 2.45) is 5.84 Å². The van der Waals surface area contributed by atoms with Crippen LogP contribution in [-0.4, -0.2) is 11.6 Å². The van der Waals surface area contributed by atoms with Gasteiger partial charge >= 0.3 is 0 Å². The molecule has 0 bridgehead atoms. The van der Waals surface area contributed by atoms with Crippen LogP contribution in [0.2, 0.25) is 0 Å². The van der Waals surface area contributed by atoms with Crippen LogP contribution < -0.4 is 5.84 Å². The minimum Gasteiger partial charge on any atom is -0.311 e. The second-order valence-corrected chi connectivity index (χ2v) is 4.86. The van der Waals surface area contributed by atoms with Crippen LogP contribution in [0, 0.1) is 0 Å². The summed E-state index contributed by atoms with van der Waals surface area (Å²) < 4.78 is 0. The fourth-order valence-electron chi connectivity index (χ4n) is 2.17. The quantitative estimate of drug-likeness (QED) is 0.652. The molecular weight excluding hydrogens is 244 g/mol. The first-order valence-electron chi connectivity index (χ1n) is 7.06. The molecule has 0 atom stereocenters. The van der Waals surface area contributed by atoms with Crippen molar-refractivity contribution < 1.29 is 0 Å². The molecule has 2 aromatic carbocycles. The van der Waals surface area contributed by atoms with E-state index in [2.05, 4.69) is 49.9 Å². The molecule has 0 aliphatic rings. The predicted molar refractivity (Wildman–Crippen MR) is 86.9 cm³/mol. The van der Waals surface area contributed by atoms with Crippen LogP contribution in [0.1, 0.15) is 25.0 Å². The van der Waals surface area contributed by atoms with Crippen LogP contribution in [0.15, 0.2) is 55.1 Å². The Morgan fingerprint density at radius 2 is 1.75 bits per heavy atom. The van der Waals surface area contributed by atoms with E-state index in [1.165, 1.54) is 16.7 Å². The zero-order valence-corrected chi connectivity index (χ0v) is 12.3. The standard InChI is InChI=1S/C18H22N2/c1-4-15-9-11-16(12-10-15)18-8-6-7-17(13-18)14(3)20(19)5-2/h6-13H,3-5,19H2,1-2H3. The van der Waals surface area contributed by atoms with Gasteiger partial charge in [-0.2, -0.15) is 0 Å². The summed E-state index contributed by atoms with van der Waals surface area (Å²) in [7, 11) is 0. The Morgan fingerprint density at radius 1 is 1.05 bits per heavy atom. The second-order valence-electron chi connectivity index (χ2n) is 4.86. The van der Waals surface area contributed by atoms with Crippen molar-refractivity contribution in [3.05, 3.63) is 66.2 Å². The highest BCUT2D eigenvalue weighted by Gasteiger charge is 2.05. The van der Waals surface area contributed by atoms with Crippen molar-refractivity contribution in [1.29, 1.82) is 0 Å². The lowest BCUT2D eigenvalue weighted by Gasteiger charge is -2.19. The molecule has 2 aromatic rings. The first-order valence-corrected chi connectivity index (χ1v) is 7.06. The minimum absolute atomic E-state index is 0.744. The van der Waals surface area contributed by atoms with Gasteiger partial charge in [0.15, 0.2) is 0 Å². The Bertz CT molecular complexity index is 585. The highest BCUT2D eigenvalue weighted by Crippen LogP contribution is 2.24. The summed E-state index contributed by atoms with van der Waals surface area (Å²) in [6, 6.07) is 17.0. The molecule has 0 aliphatic carbocycles. The molecule has 0 saturated carbocycles. The highest BCUT2D eigenvalue weighted by atomic mass is 15.4. The molecule has 0 unspecified atom stereocenters. The Labute approximate surface area is 121 Å². The molecule has 2 rings (SSSR count). The monoisotopic (exact) mass is 266 g/mol. The summed E-state index contributed by atoms with van der Waals surface area (Å²) in [6.45, 7) is 8.98. The van der Waals surface area contributed by atoms with E-state index >= 15 is 0 Å². The minimum atomic E-state index is 0.744. The molecule has 0 spiro atoms. The third-order valence-electron chi connectivity index (χ3n) is 3.58. The Kier molecular flexibility index (Phi) is 4.59. The third kappa shape index (κ3) is 3.09. The topological polar surface area (TPSA) is 29.3 Å². The normalized spacial score (nSPS) is 10.3. The summed E-state index contributed by atoms with van der Waals surface area (Å²) in [4.78, 5) is 0. The van der Waals surface area contributed by atoms with E-state index in [1.54, 1.807) is 5.01 Å². The molecule has 2 nitrogen and oxygen atoms in total. The second kappa shape index (κ2) is 6.40. The maximum atomic E-state index is 5.91. The van der Waals surface area contributed by atoms with Crippen molar-refractivity contribution in [2.45, 2.75) is 20.3 Å². The molecule has 20 heavy (non-hydrogen) atoms. The van der Waals surface area contributed by atoms with Crippen molar-refractivity contribution in [3.8, 4) is 11.1 Å². The van der Waals surface area contributed by atoms with Crippen molar-refractivity contribution >= 4 is 5.70 Å². The third-order valence-corrected chi connectivity index (χ3v) is 3.58. The number of benzene rings is 2. The summed E-state index contributed by atoms with van der Waals surface area (Å²) in [5.41, 5.74) is 5.67. The fourth-order valence-corrected chi connectivity index (χ4v) is 2.17. The van der Waals surface area contributed by atoms with Gasteiger partial charge in [0.2, 0.25) is 0 Å². The number of rotatable bonds is 5. The molecular formula is C18H22N2. The van der Waals surface area contributed by atoms with E-state index in [0.29, 0.717) is 0 Å². The van der Waals surface area contributed by atoms with Crippen LogP contribution in [-0.2, 0) is 6.42 Å². The number of hydrogen-bond donors (Lipinski definition) is 1. The van der Waals surface area contributed by atoms with Gasteiger partial charge in [-0.15, -0.1) is 0 Å². The van der Waals surface area contributed by atoms with Gasteiger partial charge in [-0.05, 0) is 41.7 Å². The number of nitrogens with two attached hydrogens (primary N) is 1. The number of nitrogens with zero attached hydrogens (tertiary/aromatic N) is 1. The first-order chi connectivity index (χ1) is 9.65. The molecule has 104 valence electrons. The van der Waals surface area contributed by atoms with E-state index in [-0.39, 0.29) is 0 Å². The number of aryl methyl sites for hydroxylation is 1. The summed E-state index contributed by atoms with van der Waals surface area (Å²) in [6.07, 6.45) is 1.07. The van der Waals surface area contributed by atoms with Gasteiger partial charge < -0.3 is 5.01 Å². The molecule has 0 aliphatic heterocycles. The molecule has 0 amide bonds. The summed E-state index contributed by atoms with van der Waals surface area (Å²) in [5, 5.41) is 1.67. The zero-order valence-electron chi connectivity index (χ0n) is 12.3. The molecule has 2 heteroatoms. The average Bonchev–Trinajstić information content (AvgIpc) is 2.53. The van der Waals surface area contributed by atoms with Crippen molar-refractivity contribution in [3.63, 3.8) is 0 Å². The first kappa shape index (κ1) is 14.4. The van der Waals surface area contributed by atoms with Crippen molar-refractivity contribution in [1.82, 2.24) is 5.01 Å². The molecule has 2 N–H and O–H groups in total. The summed E-state index contributed by atoms with van der Waals surface area (Å²) in [5.74, 6) is 5.91. The molecule has 0 heterocycles. The lowest BCUT2D eigenvalue weighted by atomic mass is 10.0. The van der Waals surface area contributed by atoms with Gasteiger partial charge in [-0.3, -0.25) is 0 Å². The van der Waals surface area contributed by atoms with Gasteiger partial charge in [0.25, 0.3) is 0 Å². The maximum absolute atomic E-state index is 5.91. The van der Waals surface area contributed by atoms with E-state index in [9.17, 15) is 0 Å². The van der Waals surface area contributed by atoms with Crippen LogP contribution in [0.5, 0.6) is 0 Å². The Hall–Kier alpha value is -2.06. The van der Waals surface area contributed by atoms with E-state index in [1.807, 2.05) is 19.1 Å². The Morgan fingerprint density at radius 3 is 2.35 bits per heavy atom. The van der Waals surface area contributed by atoms with Crippen LogP contribution >= 0.6 is 0 Å². The highest BCUT2D eigenvalue weighted by molar-refractivity contribution is 5.71. The molecule has 0 saturated heterocycles. The summed E-state index contributed by atoms with van der Waals surface area (Å²) >= 11 is 0. The van der Waals surface area contributed by atoms with Crippen LogP contribution in [0.4, 0.5) is 0 Å². The lowest BCUT2D eigenvalue weighted by Crippen LogP contribution is -2.28. The van der Waals surface area contributed by atoms with Gasteiger partial charge in [-0.25, -0.2) is 5.84 Å². The number of hydrogen-bond acceptors (Lipinski definition) is 2. The molecule has 0 fully saturated rings. The Balaban J connectivity index is 2.31. The van der Waals surface area contributed by atoms with Crippen molar-refractivity contribution in [2.75, 3.05) is 6.54 Å². The SMILES string of the molecule is C=C(c1cccc(-c2ccc(CC)cc2)c1)N(N)CC. The van der Waals surface area contributed by atoms with Gasteiger partial charge in [0.05, 0.1) is 5.70 Å². The predicted octanol–water partition coefficient (Wildman–Crippen LogP) is 4.08. The van der Waals surface area contributed by atoms with Gasteiger partial charge in [0.1, 0.15) is 0 Å². The van der Waals surface area contributed by atoms with Crippen LogP contribution in [0.3, 0.4) is 0 Å². The van der Waals surface area contributed by atoms with E-state index in [4.69, 9.17) is 5.84 Å². The largest absolute Gasteiger partial charge is 0.311 e. The lowest BCUT2D eigenvalue weighted by molar-refractivity contribution is 0.442. The molecule has 0 aromatic heterocycles.